The van der Waals surface area contributed by atoms with E-state index in [1.165, 1.54) is 24.3 Å². The van der Waals surface area contributed by atoms with E-state index >= 15 is 0 Å². The van der Waals surface area contributed by atoms with Crippen LogP contribution in [0.2, 0.25) is 0 Å². The first-order valence-electron chi connectivity index (χ1n) is 5.47. The van der Waals surface area contributed by atoms with Gasteiger partial charge >= 0.3 is 12.1 Å². The Labute approximate surface area is 107 Å². The maximum absolute atomic E-state index is 12.9. The van der Waals surface area contributed by atoms with Crippen LogP contribution in [0.1, 0.15) is 12.0 Å². The fourth-order valence-corrected chi connectivity index (χ4v) is 1.67. The van der Waals surface area contributed by atoms with Crippen molar-refractivity contribution in [2.45, 2.75) is 30.7 Å². The third kappa shape index (κ3) is 3.93. The van der Waals surface area contributed by atoms with Crippen LogP contribution in [0, 0.1) is 0 Å². The van der Waals surface area contributed by atoms with Gasteiger partial charge in [0.05, 0.1) is 0 Å². The van der Waals surface area contributed by atoms with Crippen LogP contribution in [-0.2, 0) is 11.2 Å². The second-order valence-corrected chi connectivity index (χ2v) is 4.34. The quantitative estimate of drug-likeness (QED) is 0.758. The van der Waals surface area contributed by atoms with Gasteiger partial charge in [-0.3, -0.25) is 4.79 Å². The summed E-state index contributed by atoms with van der Waals surface area (Å²) in [6.07, 6.45) is -6.80. The molecule has 0 fully saturated rings. The largest absolute Gasteiger partial charge is 0.480 e. The summed E-state index contributed by atoms with van der Waals surface area (Å²) in [5.74, 6) is -1.59. The van der Waals surface area contributed by atoms with Gasteiger partial charge in [0.2, 0.25) is 0 Å². The predicted octanol–water partition coefficient (Wildman–Crippen LogP) is 1.32. The Balaban J connectivity index is 2.97. The molecule has 7 heteroatoms. The summed E-state index contributed by atoms with van der Waals surface area (Å²) in [6, 6.07) is 5.74. The number of carboxylic acid groups (broad SMARTS) is 1. The van der Waals surface area contributed by atoms with Crippen LogP contribution < -0.4 is 5.73 Å². The first kappa shape index (κ1) is 15.5. The Bertz CT molecular complexity index is 436. The lowest BCUT2D eigenvalue weighted by Gasteiger charge is -2.31. The van der Waals surface area contributed by atoms with Gasteiger partial charge in [-0.2, -0.15) is 13.2 Å². The van der Waals surface area contributed by atoms with Crippen LogP contribution in [0.4, 0.5) is 13.2 Å². The molecule has 0 aliphatic heterocycles. The highest BCUT2D eigenvalue weighted by Gasteiger charge is 2.54. The molecule has 0 spiro atoms. The van der Waals surface area contributed by atoms with E-state index in [1.54, 1.807) is 6.07 Å². The molecule has 106 valence electrons. The maximum Gasteiger partial charge on any atom is 0.417 e. The van der Waals surface area contributed by atoms with Crippen LogP contribution >= 0.6 is 0 Å². The Hall–Kier alpha value is -1.60. The van der Waals surface area contributed by atoms with Gasteiger partial charge < -0.3 is 15.9 Å². The summed E-state index contributed by atoms with van der Waals surface area (Å²) < 4.78 is 38.7. The van der Waals surface area contributed by atoms with Crippen molar-refractivity contribution in [2.24, 2.45) is 5.73 Å². The summed E-state index contributed by atoms with van der Waals surface area (Å²) in [5, 5.41) is 18.3. The highest BCUT2D eigenvalue weighted by molar-refractivity contribution is 5.73. The zero-order valence-electron chi connectivity index (χ0n) is 9.89. The van der Waals surface area contributed by atoms with Gasteiger partial charge in [0, 0.05) is 12.8 Å². The van der Waals surface area contributed by atoms with E-state index in [0.717, 1.165) is 0 Å². The standard InChI is InChI=1S/C12H14F3NO3/c13-12(14,15)11(19,7-9(16)10(17)18)6-8-4-2-1-3-5-8/h1-5,9,19H,6-7,16H2,(H,17,18)/t9-,11+/m0/s1. The smallest absolute Gasteiger partial charge is 0.417 e. The Morgan fingerprint density at radius 3 is 2.21 bits per heavy atom. The highest BCUT2D eigenvalue weighted by atomic mass is 19.4. The molecular formula is C12H14F3NO3. The zero-order valence-corrected chi connectivity index (χ0v) is 9.89. The summed E-state index contributed by atoms with van der Waals surface area (Å²) in [6.45, 7) is 0. The summed E-state index contributed by atoms with van der Waals surface area (Å²) in [4.78, 5) is 10.6. The molecule has 1 aromatic rings. The van der Waals surface area contributed by atoms with Crippen LogP contribution in [-0.4, -0.2) is 34.0 Å². The topological polar surface area (TPSA) is 83.5 Å². The number of carboxylic acids is 1. The molecule has 0 unspecified atom stereocenters. The van der Waals surface area contributed by atoms with Crippen LogP contribution in [0.25, 0.3) is 0 Å². The average Bonchev–Trinajstić information content (AvgIpc) is 2.28. The van der Waals surface area contributed by atoms with Crippen molar-refractivity contribution in [2.75, 3.05) is 0 Å². The molecule has 4 N–H and O–H groups in total. The summed E-state index contributed by atoms with van der Waals surface area (Å²) in [7, 11) is 0. The molecule has 0 bridgehead atoms. The van der Waals surface area contributed by atoms with Crippen molar-refractivity contribution in [3.63, 3.8) is 0 Å². The fraction of sp³-hybridized carbons (Fsp3) is 0.417. The minimum atomic E-state index is -4.96. The first-order chi connectivity index (χ1) is 8.66. The third-order valence-electron chi connectivity index (χ3n) is 2.74. The van der Waals surface area contributed by atoms with Gasteiger partial charge in [0.15, 0.2) is 5.60 Å². The lowest BCUT2D eigenvalue weighted by molar-refractivity contribution is -0.263. The van der Waals surface area contributed by atoms with E-state index in [1.807, 2.05) is 0 Å². The number of aliphatic hydroxyl groups is 1. The Morgan fingerprint density at radius 2 is 1.79 bits per heavy atom. The van der Waals surface area contributed by atoms with Crippen molar-refractivity contribution >= 4 is 5.97 Å². The number of alkyl halides is 3. The number of nitrogens with two attached hydrogens (primary N) is 1. The molecule has 0 saturated heterocycles. The normalized spacial score (nSPS) is 16.7. The number of benzene rings is 1. The minimum Gasteiger partial charge on any atom is -0.480 e. The number of aliphatic carboxylic acids is 1. The summed E-state index contributed by atoms with van der Waals surface area (Å²) in [5.41, 5.74) is 2.18. The van der Waals surface area contributed by atoms with Gasteiger partial charge in [-0.05, 0) is 5.56 Å². The molecular weight excluding hydrogens is 263 g/mol. The number of halogens is 3. The van der Waals surface area contributed by atoms with Crippen LogP contribution in [0.3, 0.4) is 0 Å². The van der Waals surface area contributed by atoms with Crippen molar-refractivity contribution in [1.82, 2.24) is 0 Å². The van der Waals surface area contributed by atoms with Gasteiger partial charge in [-0.15, -0.1) is 0 Å². The van der Waals surface area contributed by atoms with E-state index in [-0.39, 0.29) is 5.56 Å². The van der Waals surface area contributed by atoms with E-state index in [2.05, 4.69) is 0 Å². The minimum absolute atomic E-state index is 0.250. The third-order valence-corrected chi connectivity index (χ3v) is 2.74. The molecule has 0 aromatic heterocycles. The van der Waals surface area contributed by atoms with Crippen molar-refractivity contribution in [3.05, 3.63) is 35.9 Å². The fourth-order valence-electron chi connectivity index (χ4n) is 1.67. The number of hydrogen-bond acceptors (Lipinski definition) is 3. The van der Waals surface area contributed by atoms with Gasteiger partial charge in [0.1, 0.15) is 6.04 Å². The maximum atomic E-state index is 12.9. The zero-order chi connectivity index (χ0) is 14.7. The Kier molecular flexibility index (Phi) is 4.54. The second kappa shape index (κ2) is 5.58. The number of carbonyl (C=O) groups is 1. The SMILES string of the molecule is N[C@@H](C[C@](O)(Cc1ccccc1)C(F)(F)F)C(=O)O. The molecule has 0 amide bonds. The average molecular weight is 277 g/mol. The number of hydrogen-bond donors (Lipinski definition) is 3. The molecule has 0 saturated carbocycles. The van der Waals surface area contributed by atoms with E-state index in [4.69, 9.17) is 10.8 Å². The monoisotopic (exact) mass is 277 g/mol. The molecule has 0 aliphatic carbocycles. The molecule has 1 aromatic carbocycles. The second-order valence-electron chi connectivity index (χ2n) is 4.34. The Morgan fingerprint density at radius 1 is 1.26 bits per heavy atom. The molecule has 0 aliphatic rings. The van der Waals surface area contributed by atoms with Crippen molar-refractivity contribution in [3.8, 4) is 0 Å². The van der Waals surface area contributed by atoms with Crippen molar-refractivity contribution < 1.29 is 28.2 Å². The molecule has 0 heterocycles. The predicted molar refractivity (Wildman–Crippen MR) is 61.4 cm³/mol. The highest BCUT2D eigenvalue weighted by Crippen LogP contribution is 2.36. The molecule has 2 atom stereocenters. The van der Waals surface area contributed by atoms with Gasteiger partial charge in [0.25, 0.3) is 0 Å². The molecule has 0 radical (unpaired) electrons. The first-order valence-corrected chi connectivity index (χ1v) is 5.47. The lowest BCUT2D eigenvalue weighted by atomic mass is 9.87. The van der Waals surface area contributed by atoms with Crippen LogP contribution in [0.15, 0.2) is 30.3 Å². The van der Waals surface area contributed by atoms with Gasteiger partial charge in [-0.1, -0.05) is 30.3 Å². The van der Waals surface area contributed by atoms with Crippen LogP contribution in [0.5, 0.6) is 0 Å². The van der Waals surface area contributed by atoms with E-state index in [0.29, 0.717) is 0 Å². The number of rotatable bonds is 5. The lowest BCUT2D eigenvalue weighted by Crippen LogP contribution is -2.52. The summed E-state index contributed by atoms with van der Waals surface area (Å²) >= 11 is 0. The van der Waals surface area contributed by atoms with Gasteiger partial charge in [-0.25, -0.2) is 0 Å². The van der Waals surface area contributed by atoms with Crippen molar-refractivity contribution in [1.29, 1.82) is 0 Å². The molecule has 1 rings (SSSR count). The van der Waals surface area contributed by atoms with E-state index in [9.17, 15) is 23.1 Å². The molecule has 19 heavy (non-hydrogen) atoms. The van der Waals surface area contributed by atoms with E-state index < -0.39 is 36.6 Å². The molecule has 4 nitrogen and oxygen atoms in total.